The normalized spacial score (nSPS) is 14.5. The summed E-state index contributed by atoms with van der Waals surface area (Å²) < 4.78 is 14.7. The van der Waals surface area contributed by atoms with Crippen molar-refractivity contribution < 1.29 is 14.0 Å². The van der Waals surface area contributed by atoms with Crippen LogP contribution in [0.25, 0.3) is 0 Å². The van der Waals surface area contributed by atoms with Crippen molar-refractivity contribution in [2.24, 2.45) is 0 Å². The van der Waals surface area contributed by atoms with Crippen LogP contribution in [-0.2, 0) is 11.2 Å². The Kier molecular flexibility index (Phi) is 6.01. The Bertz CT molecular complexity index is 1060. The number of carbonyl (C=O) groups excluding carboxylic acids is 2. The highest BCUT2D eigenvalue weighted by Gasteiger charge is 2.25. The number of amides is 2. The molecule has 1 atom stereocenters. The van der Waals surface area contributed by atoms with Gasteiger partial charge in [0.2, 0.25) is 5.91 Å². The van der Waals surface area contributed by atoms with Crippen LogP contribution in [-0.4, -0.2) is 50.0 Å². The number of nitrogens with zero attached hydrogens (tertiary/aromatic N) is 5. The molecule has 4 rings (SSSR count). The number of rotatable bonds is 6. The van der Waals surface area contributed by atoms with Gasteiger partial charge in [-0.25, -0.2) is 9.07 Å². The number of nitrogens with one attached hydrogen (secondary N) is 1. The van der Waals surface area contributed by atoms with Gasteiger partial charge in [0.15, 0.2) is 0 Å². The van der Waals surface area contributed by atoms with Crippen molar-refractivity contribution in [2.75, 3.05) is 18.4 Å². The lowest BCUT2D eigenvalue weighted by Gasteiger charge is -2.18. The van der Waals surface area contributed by atoms with Gasteiger partial charge >= 0.3 is 0 Å². The molecule has 2 aromatic carbocycles. The number of hydrogen-bond donors (Lipinski definition) is 1. The van der Waals surface area contributed by atoms with Crippen LogP contribution in [0.2, 0.25) is 0 Å². The number of halogens is 1. The van der Waals surface area contributed by atoms with Gasteiger partial charge in [-0.2, -0.15) is 0 Å². The standard InChI is InChI=1S/C22H23FN6O2/c1-15-25-26-27-29(15)20(14-16-4-8-18(23)9-5-16)21(30)24-19-10-6-17(7-11-19)22(31)28-12-2-3-13-28/h4-11,20H,2-3,12-14H2,1H3,(H,24,30). The Morgan fingerprint density at radius 3 is 2.35 bits per heavy atom. The summed E-state index contributed by atoms with van der Waals surface area (Å²) in [5.41, 5.74) is 1.94. The Hall–Kier alpha value is -3.62. The molecule has 2 amide bonds. The third kappa shape index (κ3) is 4.76. The average molecular weight is 422 g/mol. The predicted octanol–water partition coefficient (Wildman–Crippen LogP) is 2.78. The van der Waals surface area contributed by atoms with Crippen LogP contribution >= 0.6 is 0 Å². The highest BCUT2D eigenvalue weighted by Crippen LogP contribution is 2.20. The van der Waals surface area contributed by atoms with Gasteiger partial charge in [0, 0.05) is 30.8 Å². The van der Waals surface area contributed by atoms with Crippen molar-refractivity contribution in [2.45, 2.75) is 32.2 Å². The molecule has 1 saturated heterocycles. The molecule has 2 heterocycles. The first kappa shape index (κ1) is 20.6. The second kappa shape index (κ2) is 9.03. The third-order valence-electron chi connectivity index (χ3n) is 5.39. The van der Waals surface area contributed by atoms with E-state index in [1.54, 1.807) is 43.3 Å². The van der Waals surface area contributed by atoms with E-state index in [1.165, 1.54) is 16.8 Å². The van der Waals surface area contributed by atoms with E-state index in [0.29, 0.717) is 23.5 Å². The number of hydrogen-bond acceptors (Lipinski definition) is 5. The Morgan fingerprint density at radius 1 is 1.06 bits per heavy atom. The summed E-state index contributed by atoms with van der Waals surface area (Å²) in [6, 6.07) is 12.1. The zero-order valence-corrected chi connectivity index (χ0v) is 17.2. The SMILES string of the molecule is Cc1nnnn1C(Cc1ccc(F)cc1)C(=O)Nc1ccc(C(=O)N2CCCC2)cc1. The number of benzene rings is 2. The van der Waals surface area contributed by atoms with Gasteiger partial charge in [-0.05, 0) is 72.2 Å². The van der Waals surface area contributed by atoms with E-state index in [0.717, 1.165) is 31.5 Å². The van der Waals surface area contributed by atoms with E-state index >= 15 is 0 Å². The minimum Gasteiger partial charge on any atom is -0.339 e. The largest absolute Gasteiger partial charge is 0.339 e. The van der Waals surface area contributed by atoms with E-state index in [1.807, 2.05) is 4.90 Å². The fraction of sp³-hybridized carbons (Fsp3) is 0.318. The summed E-state index contributed by atoms with van der Waals surface area (Å²) in [5, 5.41) is 14.3. The van der Waals surface area contributed by atoms with Crippen molar-refractivity contribution in [3.8, 4) is 0 Å². The summed E-state index contributed by atoms with van der Waals surface area (Å²) >= 11 is 0. The number of anilines is 1. The lowest BCUT2D eigenvalue weighted by atomic mass is 10.0. The van der Waals surface area contributed by atoms with Gasteiger partial charge in [-0.15, -0.1) is 5.10 Å². The summed E-state index contributed by atoms with van der Waals surface area (Å²) in [5.74, 6) is -0.145. The highest BCUT2D eigenvalue weighted by molar-refractivity contribution is 5.96. The molecular weight excluding hydrogens is 399 g/mol. The molecule has 3 aromatic rings. The molecule has 1 unspecified atom stereocenters. The van der Waals surface area contributed by atoms with Crippen molar-refractivity contribution in [1.82, 2.24) is 25.1 Å². The van der Waals surface area contributed by atoms with Crippen molar-refractivity contribution in [3.05, 3.63) is 71.3 Å². The summed E-state index contributed by atoms with van der Waals surface area (Å²) in [7, 11) is 0. The van der Waals surface area contributed by atoms with E-state index in [2.05, 4.69) is 20.8 Å². The lowest BCUT2D eigenvalue weighted by Crippen LogP contribution is -2.29. The quantitative estimate of drug-likeness (QED) is 0.659. The van der Waals surface area contributed by atoms with Gasteiger partial charge in [-0.1, -0.05) is 12.1 Å². The van der Waals surface area contributed by atoms with Gasteiger partial charge in [0.05, 0.1) is 0 Å². The fourth-order valence-electron chi connectivity index (χ4n) is 3.68. The maximum atomic E-state index is 13.3. The zero-order chi connectivity index (χ0) is 21.8. The molecule has 1 aliphatic heterocycles. The molecular formula is C22H23FN6O2. The molecule has 1 N–H and O–H groups in total. The van der Waals surface area contributed by atoms with E-state index < -0.39 is 6.04 Å². The van der Waals surface area contributed by atoms with Crippen LogP contribution in [0.5, 0.6) is 0 Å². The average Bonchev–Trinajstić information content (AvgIpc) is 3.45. The number of carbonyl (C=O) groups is 2. The zero-order valence-electron chi connectivity index (χ0n) is 17.2. The fourth-order valence-corrected chi connectivity index (χ4v) is 3.68. The van der Waals surface area contributed by atoms with Crippen LogP contribution in [0.3, 0.4) is 0 Å². The number of aryl methyl sites for hydroxylation is 1. The van der Waals surface area contributed by atoms with Crippen molar-refractivity contribution >= 4 is 17.5 Å². The Labute approximate surface area is 179 Å². The Morgan fingerprint density at radius 2 is 1.74 bits per heavy atom. The lowest BCUT2D eigenvalue weighted by molar-refractivity contribution is -0.119. The van der Waals surface area contributed by atoms with Crippen LogP contribution in [0.4, 0.5) is 10.1 Å². The van der Waals surface area contributed by atoms with Gasteiger partial charge in [0.1, 0.15) is 17.7 Å². The van der Waals surface area contributed by atoms with Crippen LogP contribution in [0.1, 0.15) is 40.6 Å². The van der Waals surface area contributed by atoms with E-state index in [9.17, 15) is 14.0 Å². The summed E-state index contributed by atoms with van der Waals surface area (Å²) in [4.78, 5) is 27.4. The highest BCUT2D eigenvalue weighted by atomic mass is 19.1. The molecule has 1 aliphatic rings. The maximum absolute atomic E-state index is 13.3. The number of aromatic nitrogens is 4. The van der Waals surface area contributed by atoms with Crippen molar-refractivity contribution in [1.29, 1.82) is 0 Å². The smallest absolute Gasteiger partial charge is 0.253 e. The van der Waals surface area contributed by atoms with Crippen molar-refractivity contribution in [3.63, 3.8) is 0 Å². The minimum atomic E-state index is -0.716. The monoisotopic (exact) mass is 422 g/mol. The molecule has 1 aromatic heterocycles. The topological polar surface area (TPSA) is 93.0 Å². The van der Waals surface area contributed by atoms with Crippen LogP contribution in [0.15, 0.2) is 48.5 Å². The number of tetrazole rings is 1. The molecule has 0 spiro atoms. The van der Waals surface area contributed by atoms with Crippen LogP contribution in [0, 0.1) is 12.7 Å². The van der Waals surface area contributed by atoms with E-state index in [-0.39, 0.29) is 17.6 Å². The third-order valence-corrected chi connectivity index (χ3v) is 5.39. The van der Waals surface area contributed by atoms with Gasteiger partial charge < -0.3 is 10.2 Å². The molecule has 31 heavy (non-hydrogen) atoms. The minimum absolute atomic E-state index is 0.00822. The summed E-state index contributed by atoms with van der Waals surface area (Å²) in [6.45, 7) is 3.28. The molecule has 160 valence electrons. The molecule has 8 nitrogen and oxygen atoms in total. The molecule has 0 saturated carbocycles. The molecule has 1 fully saturated rings. The van der Waals surface area contributed by atoms with E-state index in [4.69, 9.17) is 0 Å². The second-order valence-electron chi connectivity index (χ2n) is 7.58. The molecule has 0 aliphatic carbocycles. The first-order chi connectivity index (χ1) is 15.0. The van der Waals surface area contributed by atoms with Gasteiger partial charge in [-0.3, -0.25) is 9.59 Å². The Balaban J connectivity index is 1.49. The summed E-state index contributed by atoms with van der Waals surface area (Å²) in [6.07, 6.45) is 2.36. The number of likely N-dealkylation sites (tertiary alicyclic amines) is 1. The first-order valence-electron chi connectivity index (χ1n) is 10.2. The molecule has 0 bridgehead atoms. The maximum Gasteiger partial charge on any atom is 0.253 e. The predicted molar refractivity (Wildman–Crippen MR) is 112 cm³/mol. The molecule has 9 heteroatoms. The first-order valence-corrected chi connectivity index (χ1v) is 10.2. The second-order valence-corrected chi connectivity index (χ2v) is 7.58. The van der Waals surface area contributed by atoms with Crippen LogP contribution < -0.4 is 5.32 Å². The van der Waals surface area contributed by atoms with Gasteiger partial charge in [0.25, 0.3) is 5.91 Å². The molecule has 0 radical (unpaired) electrons.